The highest BCUT2D eigenvalue weighted by molar-refractivity contribution is 5.94. The number of carbonyl (C=O) groups is 1. The molecule has 0 N–H and O–H groups in total. The third-order valence-electron chi connectivity index (χ3n) is 4.04. The number of morpholine rings is 1. The van der Waals surface area contributed by atoms with E-state index in [2.05, 4.69) is 18.2 Å². The Morgan fingerprint density at radius 3 is 2.83 bits per heavy atom. The number of rotatable bonds is 3. The molecule has 0 saturated carbocycles. The maximum Gasteiger partial charge on any atom is 0.254 e. The number of amides is 1. The molecule has 1 fully saturated rings. The first-order chi connectivity index (χ1) is 11.3. The predicted octanol–water partition coefficient (Wildman–Crippen LogP) is 2.64. The van der Waals surface area contributed by atoms with Crippen LogP contribution in [0.1, 0.15) is 21.5 Å². The van der Waals surface area contributed by atoms with E-state index in [1.807, 2.05) is 23.1 Å². The second-order valence-electron chi connectivity index (χ2n) is 5.61. The summed E-state index contributed by atoms with van der Waals surface area (Å²) in [6.07, 6.45) is 0.768. The zero-order valence-corrected chi connectivity index (χ0v) is 12.8. The van der Waals surface area contributed by atoms with Gasteiger partial charge in [-0.25, -0.2) is 0 Å². The van der Waals surface area contributed by atoms with E-state index in [1.54, 1.807) is 24.3 Å². The Hall–Kier alpha value is -2.64. The first-order valence-electron chi connectivity index (χ1n) is 7.71. The van der Waals surface area contributed by atoms with E-state index in [9.17, 15) is 4.79 Å². The van der Waals surface area contributed by atoms with Crippen LogP contribution in [0.4, 0.5) is 0 Å². The van der Waals surface area contributed by atoms with Gasteiger partial charge in [-0.2, -0.15) is 5.26 Å². The fraction of sp³-hybridized carbons (Fsp3) is 0.263. The molecule has 2 aromatic rings. The van der Waals surface area contributed by atoms with Gasteiger partial charge >= 0.3 is 0 Å². The van der Waals surface area contributed by atoms with Crippen LogP contribution in [0.5, 0.6) is 0 Å². The quantitative estimate of drug-likeness (QED) is 0.876. The van der Waals surface area contributed by atoms with E-state index in [0.717, 1.165) is 6.42 Å². The summed E-state index contributed by atoms with van der Waals surface area (Å²) in [5.74, 6) is -0.0358. The molecule has 2 aromatic carbocycles. The Morgan fingerprint density at radius 2 is 2.04 bits per heavy atom. The first kappa shape index (κ1) is 15.3. The van der Waals surface area contributed by atoms with Crippen LogP contribution < -0.4 is 0 Å². The van der Waals surface area contributed by atoms with Crippen LogP contribution in [0.15, 0.2) is 54.6 Å². The fourth-order valence-corrected chi connectivity index (χ4v) is 2.87. The summed E-state index contributed by atoms with van der Waals surface area (Å²) in [4.78, 5) is 14.7. The van der Waals surface area contributed by atoms with Gasteiger partial charge in [0.2, 0.25) is 0 Å². The molecule has 1 heterocycles. The lowest BCUT2D eigenvalue weighted by Crippen LogP contribution is -2.49. The van der Waals surface area contributed by atoms with Crippen molar-refractivity contribution in [1.29, 1.82) is 5.26 Å². The Bertz CT molecular complexity index is 722. The highest BCUT2D eigenvalue weighted by atomic mass is 16.5. The van der Waals surface area contributed by atoms with Crippen molar-refractivity contribution in [2.75, 3.05) is 19.8 Å². The molecule has 0 radical (unpaired) electrons. The minimum atomic E-state index is -0.0358. The van der Waals surface area contributed by atoms with Crippen LogP contribution in [0.25, 0.3) is 0 Å². The molecule has 3 rings (SSSR count). The maximum atomic E-state index is 12.8. The van der Waals surface area contributed by atoms with Crippen LogP contribution in [-0.4, -0.2) is 36.6 Å². The molecular weight excluding hydrogens is 288 g/mol. The van der Waals surface area contributed by atoms with Gasteiger partial charge < -0.3 is 9.64 Å². The Labute approximate surface area is 135 Å². The normalized spacial score (nSPS) is 17.5. The van der Waals surface area contributed by atoms with Gasteiger partial charge in [-0.15, -0.1) is 0 Å². The van der Waals surface area contributed by atoms with Crippen LogP contribution >= 0.6 is 0 Å². The van der Waals surface area contributed by atoms with Crippen molar-refractivity contribution in [3.63, 3.8) is 0 Å². The van der Waals surface area contributed by atoms with Crippen molar-refractivity contribution in [3.8, 4) is 6.07 Å². The average Bonchev–Trinajstić information content (AvgIpc) is 2.62. The molecule has 1 amide bonds. The second-order valence-corrected chi connectivity index (χ2v) is 5.61. The van der Waals surface area contributed by atoms with Crippen molar-refractivity contribution in [3.05, 3.63) is 71.3 Å². The summed E-state index contributed by atoms with van der Waals surface area (Å²) >= 11 is 0. The highest BCUT2D eigenvalue weighted by Gasteiger charge is 2.28. The first-order valence-corrected chi connectivity index (χ1v) is 7.71. The summed E-state index contributed by atoms with van der Waals surface area (Å²) in [6.45, 7) is 1.67. The zero-order chi connectivity index (χ0) is 16.1. The van der Waals surface area contributed by atoms with E-state index in [-0.39, 0.29) is 11.9 Å². The van der Waals surface area contributed by atoms with E-state index in [1.165, 1.54) is 5.56 Å². The third kappa shape index (κ3) is 3.58. The lowest BCUT2D eigenvalue weighted by molar-refractivity contribution is -0.00163. The summed E-state index contributed by atoms with van der Waals surface area (Å²) in [7, 11) is 0. The van der Waals surface area contributed by atoms with Gasteiger partial charge in [0, 0.05) is 12.1 Å². The van der Waals surface area contributed by atoms with Crippen LogP contribution in [0.2, 0.25) is 0 Å². The number of ether oxygens (including phenoxy) is 1. The molecule has 23 heavy (non-hydrogen) atoms. The van der Waals surface area contributed by atoms with E-state index in [4.69, 9.17) is 10.00 Å². The number of benzene rings is 2. The minimum Gasteiger partial charge on any atom is -0.377 e. The number of hydrogen-bond donors (Lipinski definition) is 0. The van der Waals surface area contributed by atoms with E-state index < -0.39 is 0 Å². The average molecular weight is 306 g/mol. The molecule has 4 nitrogen and oxygen atoms in total. The van der Waals surface area contributed by atoms with Gasteiger partial charge in [0.15, 0.2) is 0 Å². The second kappa shape index (κ2) is 7.08. The standard InChI is InChI=1S/C19H18N2O2/c20-13-16-7-4-8-17(11-16)19(22)21-9-10-23-14-18(21)12-15-5-2-1-3-6-15/h1-8,11,18H,9-10,12,14H2. The van der Waals surface area contributed by atoms with Crippen molar-refractivity contribution < 1.29 is 9.53 Å². The Kier molecular flexibility index (Phi) is 4.70. The Morgan fingerprint density at radius 1 is 1.22 bits per heavy atom. The molecule has 1 aliphatic heterocycles. The van der Waals surface area contributed by atoms with Crippen LogP contribution in [-0.2, 0) is 11.2 Å². The molecule has 1 atom stereocenters. The molecule has 1 aliphatic rings. The van der Waals surface area contributed by atoms with E-state index in [0.29, 0.717) is 30.9 Å². The zero-order valence-electron chi connectivity index (χ0n) is 12.8. The largest absolute Gasteiger partial charge is 0.377 e. The third-order valence-corrected chi connectivity index (χ3v) is 4.04. The molecule has 0 spiro atoms. The van der Waals surface area contributed by atoms with Gasteiger partial charge in [-0.3, -0.25) is 4.79 Å². The summed E-state index contributed by atoms with van der Waals surface area (Å²) in [6, 6.07) is 19.1. The topological polar surface area (TPSA) is 53.3 Å². The smallest absolute Gasteiger partial charge is 0.254 e. The lowest BCUT2D eigenvalue weighted by atomic mass is 10.0. The fourth-order valence-electron chi connectivity index (χ4n) is 2.87. The predicted molar refractivity (Wildman–Crippen MR) is 86.9 cm³/mol. The van der Waals surface area contributed by atoms with Gasteiger partial charge in [0.05, 0.1) is 30.9 Å². The van der Waals surface area contributed by atoms with Gasteiger partial charge in [0.1, 0.15) is 0 Å². The molecule has 0 aromatic heterocycles. The van der Waals surface area contributed by atoms with Crippen LogP contribution in [0, 0.1) is 11.3 Å². The van der Waals surface area contributed by atoms with E-state index >= 15 is 0 Å². The van der Waals surface area contributed by atoms with Crippen molar-refractivity contribution in [2.24, 2.45) is 0 Å². The van der Waals surface area contributed by atoms with Crippen LogP contribution in [0.3, 0.4) is 0 Å². The highest BCUT2D eigenvalue weighted by Crippen LogP contribution is 2.17. The van der Waals surface area contributed by atoms with Crippen molar-refractivity contribution in [2.45, 2.75) is 12.5 Å². The van der Waals surface area contributed by atoms with Crippen molar-refractivity contribution in [1.82, 2.24) is 4.90 Å². The summed E-state index contributed by atoms with van der Waals surface area (Å²) in [5.41, 5.74) is 2.25. The van der Waals surface area contributed by atoms with Gasteiger partial charge in [-0.05, 0) is 30.2 Å². The lowest BCUT2D eigenvalue weighted by Gasteiger charge is -2.36. The number of nitrogens with zero attached hydrogens (tertiary/aromatic N) is 2. The summed E-state index contributed by atoms with van der Waals surface area (Å²) < 4.78 is 5.57. The molecule has 0 aliphatic carbocycles. The van der Waals surface area contributed by atoms with Gasteiger partial charge in [-0.1, -0.05) is 36.4 Å². The molecule has 116 valence electrons. The van der Waals surface area contributed by atoms with Crippen molar-refractivity contribution >= 4 is 5.91 Å². The van der Waals surface area contributed by atoms with Gasteiger partial charge in [0.25, 0.3) is 5.91 Å². The molecule has 1 unspecified atom stereocenters. The molecule has 1 saturated heterocycles. The SMILES string of the molecule is N#Cc1cccc(C(=O)N2CCOCC2Cc2ccccc2)c1. The molecule has 4 heteroatoms. The number of hydrogen-bond acceptors (Lipinski definition) is 3. The monoisotopic (exact) mass is 306 g/mol. The Balaban J connectivity index is 1.80. The number of carbonyl (C=O) groups excluding carboxylic acids is 1. The summed E-state index contributed by atoms with van der Waals surface area (Å²) in [5, 5.41) is 9.01. The molecular formula is C19H18N2O2. The molecule has 0 bridgehead atoms. The maximum absolute atomic E-state index is 12.8. The number of nitriles is 1. The minimum absolute atomic E-state index is 0.0180.